The van der Waals surface area contributed by atoms with Crippen LogP contribution in [-0.2, 0) is 0 Å². The SMILES string of the molecule is COc1ccc2c(ccc3oc([N+](=O)[O-])cc32)c1. The van der Waals surface area contributed by atoms with Crippen LogP contribution in [0, 0.1) is 10.1 Å². The lowest BCUT2D eigenvalue weighted by Crippen LogP contribution is -1.82. The van der Waals surface area contributed by atoms with Crippen molar-refractivity contribution in [2.75, 3.05) is 7.11 Å². The van der Waals surface area contributed by atoms with Gasteiger partial charge in [0.05, 0.1) is 13.2 Å². The number of rotatable bonds is 2. The van der Waals surface area contributed by atoms with Crippen molar-refractivity contribution in [3.05, 3.63) is 46.5 Å². The largest absolute Gasteiger partial charge is 0.497 e. The summed E-state index contributed by atoms with van der Waals surface area (Å²) in [7, 11) is 1.60. The molecule has 0 atom stereocenters. The minimum Gasteiger partial charge on any atom is -0.497 e. The van der Waals surface area contributed by atoms with Gasteiger partial charge >= 0.3 is 5.88 Å². The van der Waals surface area contributed by atoms with Crippen LogP contribution in [0.25, 0.3) is 21.7 Å². The molecule has 5 nitrogen and oxygen atoms in total. The molecule has 0 unspecified atom stereocenters. The van der Waals surface area contributed by atoms with Gasteiger partial charge in [-0.05, 0) is 35.0 Å². The average molecular weight is 243 g/mol. The molecule has 1 heterocycles. The van der Waals surface area contributed by atoms with Gasteiger partial charge in [0.25, 0.3) is 0 Å². The summed E-state index contributed by atoms with van der Waals surface area (Å²) in [5.41, 5.74) is 0.513. The standard InChI is InChI=1S/C13H9NO4/c1-17-9-3-4-10-8(6-9)2-5-12-11(10)7-13(18-12)14(15)16/h2-7H,1H3. The maximum Gasteiger partial charge on any atom is 0.434 e. The molecule has 3 aromatic rings. The summed E-state index contributed by atoms with van der Waals surface area (Å²) in [6, 6.07) is 10.6. The number of methoxy groups -OCH3 is 1. The molecular weight excluding hydrogens is 234 g/mol. The van der Waals surface area contributed by atoms with Crippen molar-refractivity contribution >= 4 is 27.6 Å². The van der Waals surface area contributed by atoms with Crippen molar-refractivity contribution in [1.82, 2.24) is 0 Å². The zero-order valence-electron chi connectivity index (χ0n) is 9.54. The van der Waals surface area contributed by atoms with Gasteiger partial charge in [-0.1, -0.05) is 6.07 Å². The molecule has 0 aliphatic rings. The fourth-order valence-corrected chi connectivity index (χ4v) is 2.03. The molecule has 0 radical (unpaired) electrons. The van der Waals surface area contributed by atoms with Crippen LogP contribution in [0.3, 0.4) is 0 Å². The number of nitrogens with zero attached hydrogens (tertiary/aromatic N) is 1. The van der Waals surface area contributed by atoms with Gasteiger partial charge in [0, 0.05) is 5.39 Å². The van der Waals surface area contributed by atoms with Crippen molar-refractivity contribution in [3.8, 4) is 5.75 Å². The first-order valence-electron chi connectivity index (χ1n) is 5.34. The van der Waals surface area contributed by atoms with E-state index in [4.69, 9.17) is 9.15 Å². The lowest BCUT2D eigenvalue weighted by molar-refractivity contribution is -0.401. The number of nitro groups is 1. The Labute approximate surface area is 102 Å². The second-order valence-electron chi connectivity index (χ2n) is 3.91. The molecule has 0 saturated carbocycles. The van der Waals surface area contributed by atoms with Gasteiger partial charge < -0.3 is 9.15 Å². The number of fused-ring (bicyclic) bond motifs is 3. The molecule has 2 aromatic carbocycles. The molecule has 0 bridgehead atoms. The average Bonchev–Trinajstić information content (AvgIpc) is 2.82. The minimum absolute atomic E-state index is 0.242. The predicted octanol–water partition coefficient (Wildman–Crippen LogP) is 3.50. The van der Waals surface area contributed by atoms with Crippen molar-refractivity contribution < 1.29 is 14.1 Å². The molecule has 0 saturated heterocycles. The Morgan fingerprint density at radius 2 is 2.00 bits per heavy atom. The molecule has 0 spiro atoms. The smallest absolute Gasteiger partial charge is 0.434 e. The molecule has 90 valence electrons. The van der Waals surface area contributed by atoms with Gasteiger partial charge in [0.15, 0.2) is 0 Å². The molecule has 0 amide bonds. The summed E-state index contributed by atoms with van der Waals surface area (Å²) in [5.74, 6) is 0.508. The highest BCUT2D eigenvalue weighted by molar-refractivity contribution is 6.06. The van der Waals surface area contributed by atoms with Gasteiger partial charge in [0.2, 0.25) is 0 Å². The van der Waals surface area contributed by atoms with Crippen LogP contribution in [0.4, 0.5) is 5.88 Å². The fraction of sp³-hybridized carbons (Fsp3) is 0.0769. The van der Waals surface area contributed by atoms with Gasteiger partial charge in [0.1, 0.15) is 16.3 Å². The zero-order valence-corrected chi connectivity index (χ0v) is 9.54. The van der Waals surface area contributed by atoms with Crippen LogP contribution >= 0.6 is 0 Å². The van der Waals surface area contributed by atoms with E-state index in [1.54, 1.807) is 13.2 Å². The Bertz CT molecular complexity index is 760. The summed E-state index contributed by atoms with van der Waals surface area (Å²) in [4.78, 5) is 10.2. The van der Waals surface area contributed by atoms with E-state index < -0.39 is 4.92 Å². The first-order valence-corrected chi connectivity index (χ1v) is 5.34. The third-order valence-electron chi connectivity index (χ3n) is 2.89. The first kappa shape index (κ1) is 10.6. The van der Waals surface area contributed by atoms with Crippen LogP contribution in [0.2, 0.25) is 0 Å². The highest BCUT2D eigenvalue weighted by Crippen LogP contribution is 2.32. The Kier molecular flexibility index (Phi) is 2.19. The number of furan rings is 1. The highest BCUT2D eigenvalue weighted by Gasteiger charge is 2.15. The molecule has 18 heavy (non-hydrogen) atoms. The zero-order chi connectivity index (χ0) is 12.7. The maximum atomic E-state index is 10.7. The topological polar surface area (TPSA) is 65.5 Å². The first-order chi connectivity index (χ1) is 8.69. The van der Waals surface area contributed by atoms with E-state index >= 15 is 0 Å². The summed E-state index contributed by atoms with van der Waals surface area (Å²) in [6.07, 6.45) is 0. The Balaban J connectivity index is 2.34. The van der Waals surface area contributed by atoms with Crippen molar-refractivity contribution in [2.45, 2.75) is 0 Å². The molecule has 3 rings (SSSR count). The van der Waals surface area contributed by atoms with Gasteiger partial charge in [-0.25, -0.2) is 0 Å². The van der Waals surface area contributed by atoms with Crippen LogP contribution in [0.15, 0.2) is 40.8 Å². The molecule has 0 fully saturated rings. The van der Waals surface area contributed by atoms with Crippen molar-refractivity contribution in [1.29, 1.82) is 0 Å². The van der Waals surface area contributed by atoms with Crippen molar-refractivity contribution in [3.63, 3.8) is 0 Å². The van der Waals surface area contributed by atoms with Crippen LogP contribution in [0.5, 0.6) is 5.75 Å². The third-order valence-corrected chi connectivity index (χ3v) is 2.89. The van der Waals surface area contributed by atoms with Crippen LogP contribution in [-0.4, -0.2) is 12.0 Å². The van der Waals surface area contributed by atoms with E-state index in [9.17, 15) is 10.1 Å². The van der Waals surface area contributed by atoms with E-state index in [-0.39, 0.29) is 5.88 Å². The quantitative estimate of drug-likeness (QED) is 0.510. The van der Waals surface area contributed by atoms with E-state index in [1.807, 2.05) is 24.3 Å². The highest BCUT2D eigenvalue weighted by atomic mass is 16.6. The second kappa shape index (κ2) is 3.73. The maximum absolute atomic E-state index is 10.7. The lowest BCUT2D eigenvalue weighted by atomic mass is 10.1. The second-order valence-corrected chi connectivity index (χ2v) is 3.91. The van der Waals surface area contributed by atoms with Gasteiger partial charge in [-0.2, -0.15) is 0 Å². The van der Waals surface area contributed by atoms with Gasteiger partial charge in [-0.15, -0.1) is 0 Å². The summed E-state index contributed by atoms with van der Waals surface area (Å²) in [5, 5.41) is 13.3. The molecule has 5 heteroatoms. The van der Waals surface area contributed by atoms with Crippen LogP contribution in [0.1, 0.15) is 0 Å². The van der Waals surface area contributed by atoms with Gasteiger partial charge in [-0.3, -0.25) is 10.1 Å². The molecule has 0 N–H and O–H groups in total. The third kappa shape index (κ3) is 1.48. The number of hydrogen-bond acceptors (Lipinski definition) is 4. The molecule has 0 aliphatic carbocycles. The Hall–Kier alpha value is -2.56. The molecular formula is C13H9NO4. The normalized spacial score (nSPS) is 10.9. The van der Waals surface area contributed by atoms with E-state index in [2.05, 4.69) is 0 Å². The summed E-state index contributed by atoms with van der Waals surface area (Å²) >= 11 is 0. The number of benzene rings is 2. The number of ether oxygens (including phenoxy) is 1. The van der Waals surface area contributed by atoms with E-state index in [0.717, 1.165) is 21.9 Å². The Morgan fingerprint density at radius 1 is 1.17 bits per heavy atom. The monoisotopic (exact) mass is 243 g/mol. The Morgan fingerprint density at radius 3 is 2.72 bits per heavy atom. The summed E-state index contributed by atoms with van der Waals surface area (Å²) < 4.78 is 10.3. The van der Waals surface area contributed by atoms with Crippen molar-refractivity contribution in [2.24, 2.45) is 0 Å². The van der Waals surface area contributed by atoms with E-state index in [1.165, 1.54) is 6.07 Å². The fourth-order valence-electron chi connectivity index (χ4n) is 2.03. The van der Waals surface area contributed by atoms with E-state index in [0.29, 0.717) is 5.58 Å². The van der Waals surface area contributed by atoms with Crippen LogP contribution < -0.4 is 4.74 Å². The molecule has 0 aliphatic heterocycles. The minimum atomic E-state index is -0.532. The number of hydrogen-bond donors (Lipinski definition) is 0. The predicted molar refractivity (Wildman–Crippen MR) is 66.9 cm³/mol. The molecule has 1 aromatic heterocycles. The lowest BCUT2D eigenvalue weighted by Gasteiger charge is -2.02. The summed E-state index contributed by atoms with van der Waals surface area (Å²) in [6.45, 7) is 0.